The van der Waals surface area contributed by atoms with Crippen LogP contribution in [0.4, 0.5) is 0 Å². The topological polar surface area (TPSA) is 135 Å². The number of rotatable bonds is 10. The van der Waals surface area contributed by atoms with Crippen LogP contribution in [0.2, 0.25) is 0 Å². The van der Waals surface area contributed by atoms with E-state index in [-0.39, 0.29) is 72.0 Å². The van der Waals surface area contributed by atoms with Gasteiger partial charge in [-0.2, -0.15) is 8.42 Å². The van der Waals surface area contributed by atoms with Gasteiger partial charge in [0.15, 0.2) is 0 Å². The number of carbonyl (C=O) groups is 2. The average Bonchev–Trinajstić information content (AvgIpc) is 2.67. The normalized spacial score (nSPS) is 15.7. The van der Waals surface area contributed by atoms with Crippen molar-refractivity contribution < 1.29 is 91.9 Å². The minimum absolute atomic E-state index is 0. The van der Waals surface area contributed by atoms with Crippen LogP contribution in [0.5, 0.6) is 0 Å². The molecule has 7 nitrogen and oxygen atoms in total. The SMILES string of the molecule is CC(CC(CC(C)c1ccccc1)(C(=O)[O-])C(C(=O)[O-])S(=O)(=O)O)c1ccccc1.[Na+].[Na+]. The van der Waals surface area contributed by atoms with E-state index in [4.69, 9.17) is 0 Å². The molecule has 0 radical (unpaired) electrons. The Morgan fingerprint density at radius 3 is 1.44 bits per heavy atom. The van der Waals surface area contributed by atoms with Crippen molar-refractivity contribution in [1.29, 1.82) is 0 Å². The van der Waals surface area contributed by atoms with Crippen LogP contribution in [-0.4, -0.2) is 30.2 Å². The van der Waals surface area contributed by atoms with Crippen LogP contribution in [0.25, 0.3) is 0 Å². The van der Waals surface area contributed by atoms with E-state index in [1.54, 1.807) is 74.5 Å². The number of carboxylic acid groups (broad SMARTS) is 2. The first-order chi connectivity index (χ1) is 14.0. The monoisotopic (exact) mass is 478 g/mol. The van der Waals surface area contributed by atoms with Gasteiger partial charge < -0.3 is 19.8 Å². The second-order valence-corrected chi connectivity index (χ2v) is 9.19. The van der Waals surface area contributed by atoms with E-state index in [0.717, 1.165) is 0 Å². The van der Waals surface area contributed by atoms with Gasteiger partial charge in [0.1, 0.15) is 5.25 Å². The third-order valence-corrected chi connectivity index (χ3v) is 6.74. The van der Waals surface area contributed by atoms with Crippen molar-refractivity contribution in [1.82, 2.24) is 0 Å². The van der Waals surface area contributed by atoms with Crippen molar-refractivity contribution in [2.45, 2.75) is 43.8 Å². The zero-order valence-electron chi connectivity index (χ0n) is 18.7. The molecular weight excluding hydrogens is 454 g/mol. The smallest absolute Gasteiger partial charge is 0.549 e. The molecule has 2 aromatic carbocycles. The van der Waals surface area contributed by atoms with Gasteiger partial charge in [-0.15, -0.1) is 0 Å². The third kappa shape index (κ3) is 7.67. The molecule has 0 saturated heterocycles. The maximum atomic E-state index is 12.4. The van der Waals surface area contributed by atoms with Gasteiger partial charge in [-0.3, -0.25) is 4.55 Å². The maximum absolute atomic E-state index is 12.4. The van der Waals surface area contributed by atoms with Crippen LogP contribution in [0.15, 0.2) is 60.7 Å². The second kappa shape index (κ2) is 13.2. The van der Waals surface area contributed by atoms with Crippen molar-refractivity contribution >= 4 is 22.1 Å². The summed E-state index contributed by atoms with van der Waals surface area (Å²) in [6.07, 6.45) is -0.760. The molecule has 10 heteroatoms. The number of benzene rings is 2. The fourth-order valence-corrected chi connectivity index (χ4v) is 5.20. The van der Waals surface area contributed by atoms with E-state index in [9.17, 15) is 32.8 Å². The molecule has 0 aromatic heterocycles. The molecule has 1 N–H and O–H groups in total. The molecular formula is C22H24Na2O7S. The molecule has 0 aliphatic heterocycles. The van der Waals surface area contributed by atoms with Crippen molar-refractivity contribution in [3.63, 3.8) is 0 Å². The molecule has 32 heavy (non-hydrogen) atoms. The van der Waals surface area contributed by atoms with Gasteiger partial charge in [0.2, 0.25) is 0 Å². The molecule has 0 bridgehead atoms. The average molecular weight is 478 g/mol. The molecule has 0 amide bonds. The van der Waals surface area contributed by atoms with Crippen molar-refractivity contribution in [2.75, 3.05) is 0 Å². The minimum Gasteiger partial charge on any atom is -0.549 e. The molecule has 3 atom stereocenters. The summed E-state index contributed by atoms with van der Waals surface area (Å²) < 4.78 is 33.7. The van der Waals surface area contributed by atoms with Gasteiger partial charge in [-0.05, 0) is 35.8 Å². The Hall–Kier alpha value is -0.710. The van der Waals surface area contributed by atoms with Crippen LogP contribution in [0.1, 0.15) is 49.7 Å². The predicted octanol–water partition coefficient (Wildman–Crippen LogP) is -4.88. The summed E-state index contributed by atoms with van der Waals surface area (Å²) in [6.45, 7) is 3.33. The largest absolute Gasteiger partial charge is 1.00 e. The van der Waals surface area contributed by atoms with Crippen molar-refractivity contribution in [2.24, 2.45) is 5.41 Å². The Morgan fingerprint density at radius 2 is 1.19 bits per heavy atom. The van der Waals surface area contributed by atoms with Crippen molar-refractivity contribution in [3.8, 4) is 0 Å². The fraction of sp³-hybridized carbons (Fsp3) is 0.364. The van der Waals surface area contributed by atoms with E-state index in [0.29, 0.717) is 11.1 Å². The maximum Gasteiger partial charge on any atom is 1.00 e. The van der Waals surface area contributed by atoms with Crippen molar-refractivity contribution in [3.05, 3.63) is 71.8 Å². The molecule has 0 saturated carbocycles. The molecule has 2 rings (SSSR count). The summed E-state index contributed by atoms with van der Waals surface area (Å²) in [4.78, 5) is 24.2. The zero-order valence-corrected chi connectivity index (χ0v) is 23.5. The van der Waals surface area contributed by atoms with Gasteiger partial charge in [-0.25, -0.2) is 0 Å². The quantitative estimate of drug-likeness (QED) is 0.267. The number of carboxylic acids is 2. The first-order valence-electron chi connectivity index (χ1n) is 9.47. The Balaban J connectivity index is 0.00000480. The summed E-state index contributed by atoms with van der Waals surface area (Å²) in [5.74, 6) is -5.10. The Labute approximate surface area is 233 Å². The number of aliphatic carboxylic acids is 2. The van der Waals surface area contributed by atoms with Gasteiger partial charge in [0.05, 0.1) is 5.97 Å². The van der Waals surface area contributed by atoms with E-state index in [1.807, 2.05) is 0 Å². The molecule has 0 aliphatic rings. The minimum atomic E-state index is -5.31. The first-order valence-corrected chi connectivity index (χ1v) is 11.0. The van der Waals surface area contributed by atoms with Crippen LogP contribution in [0.3, 0.4) is 0 Å². The summed E-state index contributed by atoms with van der Waals surface area (Å²) in [6, 6.07) is 17.4. The molecule has 0 heterocycles. The summed E-state index contributed by atoms with van der Waals surface area (Å²) >= 11 is 0. The molecule has 3 unspecified atom stereocenters. The predicted molar refractivity (Wildman–Crippen MR) is 107 cm³/mol. The van der Waals surface area contributed by atoms with Crippen LogP contribution >= 0.6 is 0 Å². The summed E-state index contributed by atoms with van der Waals surface area (Å²) in [5, 5.41) is 21.5. The number of hydrogen-bond donors (Lipinski definition) is 1. The van der Waals surface area contributed by atoms with E-state index < -0.39 is 44.6 Å². The summed E-state index contributed by atoms with van der Waals surface area (Å²) in [7, 11) is -5.31. The van der Waals surface area contributed by atoms with Crippen LogP contribution in [0, 0.1) is 5.41 Å². The van der Waals surface area contributed by atoms with E-state index in [2.05, 4.69) is 0 Å². The van der Waals surface area contributed by atoms with Gasteiger partial charge in [-0.1, -0.05) is 74.5 Å². The fourth-order valence-electron chi connectivity index (χ4n) is 4.09. The van der Waals surface area contributed by atoms with Crippen LogP contribution < -0.4 is 69.3 Å². The van der Waals surface area contributed by atoms with E-state index in [1.165, 1.54) is 0 Å². The standard InChI is InChI=1S/C22H26O7S.2Na/c1-15(17-9-5-3-6-10-17)13-22(21(25)26,19(20(23)24)30(27,28)29)14-16(2)18-11-7-4-8-12-18;;/h3-12,15-16,19H,13-14H2,1-2H3,(H,23,24)(H,25,26)(H,27,28,29);;/q;2*+1/p-2. The Bertz CT molecular complexity index is 934. The molecule has 2 aromatic rings. The zero-order chi connectivity index (χ0) is 22.5. The third-order valence-electron chi connectivity index (χ3n) is 5.50. The van der Waals surface area contributed by atoms with Gasteiger partial charge in [0, 0.05) is 11.4 Å². The molecule has 0 aliphatic carbocycles. The van der Waals surface area contributed by atoms with E-state index >= 15 is 0 Å². The second-order valence-electron chi connectivity index (χ2n) is 7.69. The van der Waals surface area contributed by atoms with Gasteiger partial charge >= 0.3 is 59.1 Å². The van der Waals surface area contributed by atoms with Crippen LogP contribution in [-0.2, 0) is 19.7 Å². The Morgan fingerprint density at radius 1 is 0.844 bits per heavy atom. The number of carbonyl (C=O) groups excluding carboxylic acids is 2. The molecule has 162 valence electrons. The Kier molecular flexibility index (Phi) is 13.0. The van der Waals surface area contributed by atoms with Gasteiger partial charge in [0.25, 0.3) is 10.1 Å². The number of hydrogen-bond acceptors (Lipinski definition) is 6. The molecule has 0 spiro atoms. The first kappa shape index (κ1) is 31.3. The molecule has 0 fully saturated rings. The summed E-state index contributed by atoms with van der Waals surface area (Å²) in [5.41, 5.74) is -1.03.